The molecule has 128 valence electrons. The third kappa shape index (κ3) is 4.45. The van der Waals surface area contributed by atoms with Gasteiger partial charge in [0.2, 0.25) is 11.8 Å². The minimum absolute atomic E-state index is 0. The molecule has 1 saturated heterocycles. The van der Waals surface area contributed by atoms with Gasteiger partial charge >= 0.3 is 0 Å². The number of carbonyl (C=O) groups excluding carboxylic acids is 2. The SMILES string of the molecule is CCCC(C)(N)C(=O)NC1CCN(c2ccc(C)cc2)C1=O.Cl. The van der Waals surface area contributed by atoms with E-state index < -0.39 is 11.6 Å². The highest BCUT2D eigenvalue weighted by molar-refractivity contribution is 6.02. The molecule has 23 heavy (non-hydrogen) atoms. The number of nitrogens with zero attached hydrogens (tertiary/aromatic N) is 1. The van der Waals surface area contributed by atoms with Crippen LogP contribution in [0, 0.1) is 6.92 Å². The number of benzene rings is 1. The van der Waals surface area contributed by atoms with Crippen LogP contribution in [-0.4, -0.2) is 29.9 Å². The molecule has 0 aliphatic carbocycles. The largest absolute Gasteiger partial charge is 0.343 e. The number of halogens is 1. The first-order chi connectivity index (χ1) is 10.3. The fourth-order valence-corrected chi connectivity index (χ4v) is 2.75. The Labute approximate surface area is 144 Å². The zero-order chi connectivity index (χ0) is 16.3. The van der Waals surface area contributed by atoms with Crippen LogP contribution < -0.4 is 16.0 Å². The number of aryl methyl sites for hydroxylation is 1. The summed E-state index contributed by atoms with van der Waals surface area (Å²) in [4.78, 5) is 26.4. The predicted octanol–water partition coefficient (Wildman–Crippen LogP) is 2.16. The van der Waals surface area contributed by atoms with E-state index >= 15 is 0 Å². The third-order valence-corrected chi connectivity index (χ3v) is 4.14. The summed E-state index contributed by atoms with van der Waals surface area (Å²) < 4.78 is 0. The second-order valence-corrected chi connectivity index (χ2v) is 6.31. The van der Waals surface area contributed by atoms with Crippen LogP contribution in [0.4, 0.5) is 5.69 Å². The van der Waals surface area contributed by atoms with E-state index in [2.05, 4.69) is 5.32 Å². The van der Waals surface area contributed by atoms with Crippen molar-refractivity contribution >= 4 is 29.9 Å². The molecule has 2 atom stereocenters. The van der Waals surface area contributed by atoms with E-state index in [1.165, 1.54) is 0 Å². The lowest BCUT2D eigenvalue weighted by Crippen LogP contribution is -2.55. The summed E-state index contributed by atoms with van der Waals surface area (Å²) in [6, 6.07) is 7.34. The molecule has 1 aromatic carbocycles. The molecule has 5 nitrogen and oxygen atoms in total. The van der Waals surface area contributed by atoms with Crippen LogP contribution in [-0.2, 0) is 9.59 Å². The van der Waals surface area contributed by atoms with Crippen molar-refractivity contribution in [3.63, 3.8) is 0 Å². The Morgan fingerprint density at radius 3 is 2.57 bits per heavy atom. The maximum absolute atomic E-state index is 12.5. The molecule has 2 unspecified atom stereocenters. The molecule has 1 aromatic rings. The zero-order valence-electron chi connectivity index (χ0n) is 14.0. The molecule has 6 heteroatoms. The van der Waals surface area contributed by atoms with Gasteiger partial charge in [0.05, 0.1) is 5.54 Å². The molecule has 0 spiro atoms. The molecule has 1 aliphatic heterocycles. The number of nitrogens with one attached hydrogen (secondary N) is 1. The van der Waals surface area contributed by atoms with Crippen molar-refractivity contribution in [2.45, 2.75) is 51.6 Å². The molecule has 0 aromatic heterocycles. The summed E-state index contributed by atoms with van der Waals surface area (Å²) in [6.07, 6.45) is 2.04. The number of rotatable bonds is 5. The van der Waals surface area contributed by atoms with E-state index in [0.717, 1.165) is 17.7 Å². The smallest absolute Gasteiger partial charge is 0.249 e. The van der Waals surface area contributed by atoms with Crippen molar-refractivity contribution < 1.29 is 9.59 Å². The molecule has 2 amide bonds. The van der Waals surface area contributed by atoms with E-state index in [1.54, 1.807) is 11.8 Å². The van der Waals surface area contributed by atoms with Crippen LogP contribution in [0.5, 0.6) is 0 Å². The molecular weight excluding hydrogens is 314 g/mol. The van der Waals surface area contributed by atoms with Gasteiger partial charge in [-0.2, -0.15) is 0 Å². The summed E-state index contributed by atoms with van der Waals surface area (Å²) in [5.41, 5.74) is 7.12. The van der Waals surface area contributed by atoms with Crippen molar-refractivity contribution in [2.75, 3.05) is 11.4 Å². The Morgan fingerprint density at radius 2 is 2.00 bits per heavy atom. The second kappa shape index (κ2) is 7.79. The number of nitrogens with two attached hydrogens (primary N) is 1. The van der Waals surface area contributed by atoms with Gasteiger partial charge in [-0.25, -0.2) is 0 Å². The van der Waals surface area contributed by atoms with Crippen molar-refractivity contribution in [3.05, 3.63) is 29.8 Å². The van der Waals surface area contributed by atoms with Crippen molar-refractivity contribution in [1.82, 2.24) is 5.32 Å². The quantitative estimate of drug-likeness (QED) is 0.863. The molecule has 0 saturated carbocycles. The van der Waals surface area contributed by atoms with Crippen molar-refractivity contribution in [2.24, 2.45) is 5.73 Å². The van der Waals surface area contributed by atoms with Crippen LogP contribution >= 0.6 is 12.4 Å². The Balaban J connectivity index is 0.00000264. The molecule has 0 radical (unpaired) electrons. The van der Waals surface area contributed by atoms with E-state index in [0.29, 0.717) is 19.4 Å². The first-order valence-corrected chi connectivity index (χ1v) is 7.83. The van der Waals surface area contributed by atoms with Gasteiger partial charge in [0.1, 0.15) is 6.04 Å². The van der Waals surface area contributed by atoms with E-state index in [-0.39, 0.29) is 24.2 Å². The molecular formula is C17H26ClN3O2. The van der Waals surface area contributed by atoms with Gasteiger partial charge in [-0.3, -0.25) is 9.59 Å². The average Bonchev–Trinajstić information content (AvgIpc) is 2.81. The minimum atomic E-state index is -0.924. The van der Waals surface area contributed by atoms with Crippen molar-refractivity contribution in [1.29, 1.82) is 0 Å². The lowest BCUT2D eigenvalue weighted by molar-refractivity contribution is -0.130. The highest BCUT2D eigenvalue weighted by atomic mass is 35.5. The van der Waals surface area contributed by atoms with Crippen LogP contribution in [0.25, 0.3) is 0 Å². The summed E-state index contributed by atoms with van der Waals surface area (Å²) in [5.74, 6) is -0.317. The first-order valence-electron chi connectivity index (χ1n) is 7.83. The summed E-state index contributed by atoms with van der Waals surface area (Å²) >= 11 is 0. The summed E-state index contributed by atoms with van der Waals surface area (Å²) in [5, 5.41) is 2.81. The number of amides is 2. The number of hydrogen-bond acceptors (Lipinski definition) is 3. The molecule has 1 fully saturated rings. The van der Waals surface area contributed by atoms with Crippen LogP contribution in [0.15, 0.2) is 24.3 Å². The fraction of sp³-hybridized carbons (Fsp3) is 0.529. The normalized spacial score (nSPS) is 19.9. The maximum atomic E-state index is 12.5. The highest BCUT2D eigenvalue weighted by Gasteiger charge is 2.37. The third-order valence-electron chi connectivity index (χ3n) is 4.14. The molecule has 3 N–H and O–H groups in total. The fourth-order valence-electron chi connectivity index (χ4n) is 2.75. The van der Waals surface area contributed by atoms with Gasteiger partial charge in [-0.15, -0.1) is 12.4 Å². The van der Waals surface area contributed by atoms with Gasteiger partial charge in [-0.1, -0.05) is 31.0 Å². The van der Waals surface area contributed by atoms with Gasteiger partial charge in [0, 0.05) is 12.2 Å². The van der Waals surface area contributed by atoms with E-state index in [9.17, 15) is 9.59 Å². The number of carbonyl (C=O) groups is 2. The van der Waals surface area contributed by atoms with Crippen LogP contribution in [0.2, 0.25) is 0 Å². The lowest BCUT2D eigenvalue weighted by atomic mass is 9.96. The van der Waals surface area contributed by atoms with Crippen LogP contribution in [0.1, 0.15) is 38.7 Å². The second-order valence-electron chi connectivity index (χ2n) is 6.31. The summed E-state index contributed by atoms with van der Waals surface area (Å²) in [6.45, 7) is 6.32. The topological polar surface area (TPSA) is 75.4 Å². The Bertz CT molecular complexity index is 557. The molecule has 1 aliphatic rings. The molecule has 1 heterocycles. The Hall–Kier alpha value is -1.59. The van der Waals surface area contributed by atoms with Gasteiger partial charge in [-0.05, 0) is 38.8 Å². The van der Waals surface area contributed by atoms with Gasteiger partial charge in [0.25, 0.3) is 0 Å². The van der Waals surface area contributed by atoms with E-state index in [4.69, 9.17) is 5.73 Å². The average molecular weight is 340 g/mol. The highest BCUT2D eigenvalue weighted by Crippen LogP contribution is 2.22. The maximum Gasteiger partial charge on any atom is 0.249 e. The zero-order valence-corrected chi connectivity index (χ0v) is 14.8. The molecule has 0 bridgehead atoms. The van der Waals surface area contributed by atoms with Gasteiger partial charge < -0.3 is 16.0 Å². The minimum Gasteiger partial charge on any atom is -0.343 e. The predicted molar refractivity (Wildman–Crippen MR) is 94.8 cm³/mol. The Kier molecular flexibility index (Phi) is 6.59. The van der Waals surface area contributed by atoms with Gasteiger partial charge in [0.15, 0.2) is 0 Å². The van der Waals surface area contributed by atoms with Crippen molar-refractivity contribution in [3.8, 4) is 0 Å². The summed E-state index contributed by atoms with van der Waals surface area (Å²) in [7, 11) is 0. The molecule has 2 rings (SSSR count). The van der Waals surface area contributed by atoms with Crippen LogP contribution in [0.3, 0.4) is 0 Å². The lowest BCUT2D eigenvalue weighted by Gasteiger charge is -2.25. The number of anilines is 1. The number of hydrogen-bond donors (Lipinski definition) is 2. The Morgan fingerprint density at radius 1 is 1.39 bits per heavy atom. The van der Waals surface area contributed by atoms with E-state index in [1.807, 2.05) is 38.1 Å². The first kappa shape index (κ1) is 19.5. The standard InChI is InChI=1S/C17H25N3O2.ClH/c1-4-10-17(3,18)16(22)19-14-9-11-20(15(14)21)13-7-5-12(2)6-8-13;/h5-8,14H,4,9-11,18H2,1-3H3,(H,19,22);1H. The monoisotopic (exact) mass is 339 g/mol.